The minimum Gasteiger partial charge on any atom is -0.232 e. The molecule has 1 aromatic heterocycles. The number of nitrogens with zero attached hydrogens (tertiary/aromatic N) is 3. The van der Waals surface area contributed by atoms with Crippen molar-refractivity contribution in [1.82, 2.24) is 15.0 Å². The van der Waals surface area contributed by atoms with Crippen LogP contribution in [0.2, 0.25) is 0 Å². The van der Waals surface area contributed by atoms with Crippen molar-refractivity contribution < 1.29 is 8.78 Å². The summed E-state index contributed by atoms with van der Waals surface area (Å²) in [5.74, 6) is 0.250. The van der Waals surface area contributed by atoms with Gasteiger partial charge >= 0.3 is 12.2 Å². The van der Waals surface area contributed by atoms with Gasteiger partial charge < -0.3 is 0 Å². The molecular weight excluding hydrogens is 264 g/mol. The van der Waals surface area contributed by atoms with Gasteiger partial charge in [-0.15, -0.1) is 0 Å². The van der Waals surface area contributed by atoms with Crippen LogP contribution in [-0.4, -0.2) is 52.5 Å². The standard InChI is InChI=1S/C10H19F2N3S2/c1-16(2,3)8(17(4,5)6)7-13-9(11)15-10(12)14-7/h8H,1-6H3. The van der Waals surface area contributed by atoms with Crippen molar-refractivity contribution in [3.63, 3.8) is 0 Å². The third kappa shape index (κ3) is 3.77. The van der Waals surface area contributed by atoms with Crippen LogP contribution < -0.4 is 0 Å². The van der Waals surface area contributed by atoms with Crippen molar-refractivity contribution in [3.8, 4) is 0 Å². The highest BCUT2D eigenvalue weighted by molar-refractivity contribution is 8.47. The zero-order valence-electron chi connectivity index (χ0n) is 11.0. The Morgan fingerprint density at radius 2 is 1.12 bits per heavy atom. The normalized spacial score (nSPS) is 15.1. The van der Waals surface area contributed by atoms with E-state index in [-0.39, 0.29) is 10.4 Å². The molecule has 1 heterocycles. The molecule has 0 aliphatic heterocycles. The smallest absolute Gasteiger partial charge is 0.232 e. The molecule has 3 nitrogen and oxygen atoms in total. The van der Waals surface area contributed by atoms with E-state index in [1.807, 2.05) is 0 Å². The predicted molar refractivity (Wildman–Crippen MR) is 73.2 cm³/mol. The van der Waals surface area contributed by atoms with Gasteiger partial charge in [0.2, 0.25) is 0 Å². The topological polar surface area (TPSA) is 38.7 Å². The third-order valence-corrected chi connectivity index (χ3v) is 8.55. The third-order valence-electron chi connectivity index (χ3n) is 2.09. The molecule has 0 unspecified atom stereocenters. The summed E-state index contributed by atoms with van der Waals surface area (Å²) < 4.78 is 26.2. The van der Waals surface area contributed by atoms with Gasteiger partial charge in [-0.1, -0.05) is 0 Å². The van der Waals surface area contributed by atoms with Crippen molar-refractivity contribution in [2.24, 2.45) is 0 Å². The average Bonchev–Trinajstić information content (AvgIpc) is 1.93. The molecule has 0 aliphatic rings. The highest BCUT2D eigenvalue weighted by Gasteiger charge is 2.33. The van der Waals surface area contributed by atoms with Crippen LogP contribution >= 0.6 is 20.1 Å². The Morgan fingerprint density at radius 1 is 0.765 bits per heavy atom. The van der Waals surface area contributed by atoms with E-state index < -0.39 is 32.2 Å². The minimum absolute atomic E-state index is 0.00185. The van der Waals surface area contributed by atoms with Crippen molar-refractivity contribution in [3.05, 3.63) is 18.0 Å². The number of aromatic nitrogens is 3. The minimum atomic E-state index is -1.06. The maximum absolute atomic E-state index is 13.1. The van der Waals surface area contributed by atoms with Crippen LogP contribution in [0.25, 0.3) is 0 Å². The molecule has 0 saturated heterocycles. The number of hydrogen-bond donors (Lipinski definition) is 0. The molecule has 7 heteroatoms. The Bertz CT molecular complexity index is 379. The lowest BCUT2D eigenvalue weighted by Crippen LogP contribution is -2.19. The monoisotopic (exact) mass is 283 g/mol. The van der Waals surface area contributed by atoms with E-state index >= 15 is 0 Å². The summed E-state index contributed by atoms with van der Waals surface area (Å²) in [4.78, 5) is 10.3. The van der Waals surface area contributed by atoms with Gasteiger partial charge in [-0.3, -0.25) is 0 Å². The highest BCUT2D eigenvalue weighted by Crippen LogP contribution is 2.67. The van der Waals surface area contributed by atoms with Crippen LogP contribution in [-0.2, 0) is 0 Å². The maximum Gasteiger partial charge on any atom is 0.314 e. The fourth-order valence-electron chi connectivity index (χ4n) is 1.94. The van der Waals surface area contributed by atoms with Gasteiger partial charge in [0.05, 0.1) is 4.58 Å². The van der Waals surface area contributed by atoms with Crippen LogP contribution in [0.3, 0.4) is 0 Å². The second kappa shape index (κ2) is 4.68. The van der Waals surface area contributed by atoms with Gasteiger partial charge in [0, 0.05) is 0 Å². The second-order valence-corrected chi connectivity index (χ2v) is 14.4. The van der Waals surface area contributed by atoms with Gasteiger partial charge in [0.25, 0.3) is 0 Å². The molecule has 1 aromatic rings. The number of hydrogen-bond acceptors (Lipinski definition) is 3. The first-order valence-electron chi connectivity index (χ1n) is 4.93. The van der Waals surface area contributed by atoms with E-state index in [0.717, 1.165) is 0 Å². The van der Waals surface area contributed by atoms with Gasteiger partial charge in [0.1, 0.15) is 0 Å². The van der Waals surface area contributed by atoms with Gasteiger partial charge in [-0.2, -0.15) is 23.7 Å². The summed E-state index contributed by atoms with van der Waals surface area (Å²) in [6.45, 7) is 0. The number of rotatable bonds is 3. The molecule has 0 N–H and O–H groups in total. The first-order valence-corrected chi connectivity index (χ1v) is 10.8. The van der Waals surface area contributed by atoms with Crippen molar-refractivity contribution in [1.29, 1.82) is 0 Å². The Hall–Kier alpha value is -0.430. The van der Waals surface area contributed by atoms with E-state index in [1.165, 1.54) is 0 Å². The molecule has 100 valence electrons. The highest BCUT2D eigenvalue weighted by atomic mass is 32.3. The Labute approximate surface area is 104 Å². The zero-order valence-corrected chi connectivity index (χ0v) is 12.6. The van der Waals surface area contributed by atoms with E-state index in [0.29, 0.717) is 0 Å². The predicted octanol–water partition coefficient (Wildman–Crippen LogP) is 2.54. The Kier molecular flexibility index (Phi) is 4.03. The SMILES string of the molecule is CS(C)(C)C(c1nc(F)nc(F)n1)S(C)(C)C. The van der Waals surface area contributed by atoms with Gasteiger partial charge in [-0.25, -0.2) is 20.1 Å². The van der Waals surface area contributed by atoms with Crippen LogP contribution in [0.15, 0.2) is 0 Å². The zero-order chi connectivity index (χ0) is 13.4. The van der Waals surface area contributed by atoms with Gasteiger partial charge in [-0.05, 0) is 37.5 Å². The van der Waals surface area contributed by atoms with Crippen LogP contribution in [0.4, 0.5) is 8.78 Å². The molecule has 0 bridgehead atoms. The molecule has 0 aliphatic carbocycles. The van der Waals surface area contributed by atoms with E-state index in [2.05, 4.69) is 52.5 Å². The Balaban J connectivity index is 3.33. The molecule has 17 heavy (non-hydrogen) atoms. The fourth-order valence-corrected chi connectivity index (χ4v) is 10.3. The lowest BCUT2D eigenvalue weighted by Gasteiger charge is -2.46. The summed E-state index contributed by atoms with van der Waals surface area (Å²) in [5, 5.41) is 0. The molecule has 1 rings (SSSR count). The lowest BCUT2D eigenvalue weighted by atomic mass is 10.7. The molecular formula is C10H19F2N3S2. The van der Waals surface area contributed by atoms with Gasteiger partial charge in [0.15, 0.2) is 5.82 Å². The Morgan fingerprint density at radius 3 is 1.41 bits per heavy atom. The quantitative estimate of drug-likeness (QED) is 0.855. The first kappa shape index (κ1) is 14.6. The molecule has 0 aromatic carbocycles. The van der Waals surface area contributed by atoms with Crippen LogP contribution in [0.5, 0.6) is 0 Å². The van der Waals surface area contributed by atoms with Crippen LogP contribution in [0, 0.1) is 12.2 Å². The van der Waals surface area contributed by atoms with Crippen LogP contribution in [0.1, 0.15) is 10.4 Å². The molecule has 0 fully saturated rings. The maximum atomic E-state index is 13.1. The number of halogens is 2. The summed E-state index contributed by atoms with van der Waals surface area (Å²) in [5.41, 5.74) is 0. The summed E-state index contributed by atoms with van der Waals surface area (Å²) in [6.07, 6.45) is 10.6. The van der Waals surface area contributed by atoms with E-state index in [1.54, 1.807) is 0 Å². The average molecular weight is 283 g/mol. The summed E-state index contributed by atoms with van der Waals surface area (Å²) in [6, 6.07) is 0. The second-order valence-electron chi connectivity index (χ2n) is 5.43. The van der Waals surface area contributed by atoms with E-state index in [4.69, 9.17) is 0 Å². The fraction of sp³-hybridized carbons (Fsp3) is 0.700. The van der Waals surface area contributed by atoms with E-state index in [9.17, 15) is 8.78 Å². The molecule has 0 spiro atoms. The molecule has 0 saturated carbocycles. The first-order chi connectivity index (χ1) is 7.51. The summed E-state index contributed by atoms with van der Waals surface area (Å²) in [7, 11) is -2.12. The molecule has 0 amide bonds. The largest absolute Gasteiger partial charge is 0.314 e. The van der Waals surface area contributed by atoms with Crippen molar-refractivity contribution in [2.75, 3.05) is 37.5 Å². The molecule has 0 atom stereocenters. The summed E-state index contributed by atoms with van der Waals surface area (Å²) >= 11 is 0. The molecule has 0 radical (unpaired) electrons. The lowest BCUT2D eigenvalue weighted by molar-refractivity contribution is 0.447. The van der Waals surface area contributed by atoms with Crippen molar-refractivity contribution >= 4 is 20.1 Å². The van der Waals surface area contributed by atoms with Crippen molar-refractivity contribution in [2.45, 2.75) is 4.58 Å².